The van der Waals surface area contributed by atoms with Gasteiger partial charge in [0.2, 0.25) is 0 Å². The summed E-state index contributed by atoms with van der Waals surface area (Å²) in [7, 11) is 0. The first kappa shape index (κ1) is 26.7. The third-order valence-electron chi connectivity index (χ3n) is 5.63. The minimum absolute atomic E-state index is 0.0611. The van der Waals surface area contributed by atoms with Crippen LogP contribution in [0.25, 0.3) is 11.1 Å². The SMILES string of the molecule is CC(/C=C\N1Cc2ccc(F)cc2-c2cncc(C(=O)Nc3ccc(F)c(F)c3)c21)NC(=O)OC(C)(C)C. The first-order valence-electron chi connectivity index (χ1n) is 11.9. The lowest BCUT2D eigenvalue weighted by Crippen LogP contribution is -2.37. The van der Waals surface area contributed by atoms with Gasteiger partial charge in [0.25, 0.3) is 5.91 Å². The van der Waals surface area contributed by atoms with E-state index in [1.165, 1.54) is 30.6 Å². The number of ether oxygens (including phenoxy) is 1. The van der Waals surface area contributed by atoms with Crippen molar-refractivity contribution < 1.29 is 27.5 Å². The van der Waals surface area contributed by atoms with E-state index in [9.17, 15) is 22.8 Å². The number of nitrogens with one attached hydrogen (secondary N) is 2. The van der Waals surface area contributed by atoms with E-state index in [0.717, 1.165) is 17.7 Å². The summed E-state index contributed by atoms with van der Waals surface area (Å²) in [4.78, 5) is 31.4. The number of fused-ring (bicyclic) bond motifs is 3. The van der Waals surface area contributed by atoms with Gasteiger partial charge in [-0.3, -0.25) is 9.78 Å². The second-order valence-corrected chi connectivity index (χ2v) is 9.87. The zero-order valence-corrected chi connectivity index (χ0v) is 21.3. The zero-order chi connectivity index (χ0) is 27.6. The lowest BCUT2D eigenvalue weighted by atomic mass is 9.92. The number of aromatic nitrogens is 1. The van der Waals surface area contributed by atoms with Crippen LogP contribution in [-0.4, -0.2) is 28.6 Å². The highest BCUT2D eigenvalue weighted by atomic mass is 19.2. The number of carbonyl (C=O) groups is 2. The Hall–Kier alpha value is -4.34. The van der Waals surface area contributed by atoms with Crippen LogP contribution in [0.4, 0.5) is 29.3 Å². The van der Waals surface area contributed by atoms with E-state index in [4.69, 9.17) is 4.74 Å². The van der Waals surface area contributed by atoms with Gasteiger partial charge in [0.05, 0.1) is 11.3 Å². The molecule has 0 saturated carbocycles. The molecule has 0 radical (unpaired) electrons. The molecule has 198 valence electrons. The van der Waals surface area contributed by atoms with Crippen molar-refractivity contribution >= 4 is 23.4 Å². The van der Waals surface area contributed by atoms with E-state index < -0.39 is 41.1 Å². The molecule has 1 aliphatic rings. The van der Waals surface area contributed by atoms with Crippen LogP contribution < -0.4 is 15.5 Å². The van der Waals surface area contributed by atoms with Crippen molar-refractivity contribution in [2.75, 3.05) is 10.2 Å². The van der Waals surface area contributed by atoms with Crippen LogP contribution in [0.2, 0.25) is 0 Å². The van der Waals surface area contributed by atoms with E-state index in [-0.39, 0.29) is 11.3 Å². The number of hydrogen-bond donors (Lipinski definition) is 2. The molecule has 3 aromatic rings. The van der Waals surface area contributed by atoms with Crippen molar-refractivity contribution in [2.24, 2.45) is 0 Å². The number of anilines is 2. The number of pyridine rings is 1. The molecule has 1 unspecified atom stereocenters. The third-order valence-corrected chi connectivity index (χ3v) is 5.63. The first-order valence-corrected chi connectivity index (χ1v) is 11.9. The molecule has 2 N–H and O–H groups in total. The topological polar surface area (TPSA) is 83.6 Å². The van der Waals surface area contributed by atoms with E-state index in [0.29, 0.717) is 23.4 Å². The molecule has 38 heavy (non-hydrogen) atoms. The van der Waals surface area contributed by atoms with Crippen molar-refractivity contribution in [1.29, 1.82) is 0 Å². The summed E-state index contributed by atoms with van der Waals surface area (Å²) in [6.45, 7) is 7.35. The number of amides is 2. The molecule has 2 heterocycles. The van der Waals surface area contributed by atoms with E-state index in [1.54, 1.807) is 50.9 Å². The third kappa shape index (κ3) is 6.13. The maximum absolute atomic E-state index is 14.2. The second kappa shape index (κ2) is 10.6. The molecule has 0 fully saturated rings. The molecular weight excluding hydrogens is 497 g/mol. The predicted molar refractivity (Wildman–Crippen MR) is 138 cm³/mol. The van der Waals surface area contributed by atoms with Crippen molar-refractivity contribution in [3.8, 4) is 11.1 Å². The van der Waals surface area contributed by atoms with Gasteiger partial charge < -0.3 is 20.3 Å². The van der Waals surface area contributed by atoms with Gasteiger partial charge in [0, 0.05) is 48.5 Å². The lowest BCUT2D eigenvalue weighted by molar-refractivity contribution is 0.0517. The van der Waals surface area contributed by atoms with E-state index in [1.807, 2.05) is 0 Å². The number of hydrogen-bond acceptors (Lipinski definition) is 5. The van der Waals surface area contributed by atoms with Crippen LogP contribution in [0.15, 0.2) is 61.1 Å². The Kier molecular flexibility index (Phi) is 7.43. The minimum Gasteiger partial charge on any atom is -0.444 e. The molecule has 0 aliphatic carbocycles. The molecule has 0 saturated heterocycles. The van der Waals surface area contributed by atoms with Crippen molar-refractivity contribution in [1.82, 2.24) is 10.3 Å². The van der Waals surface area contributed by atoms with Crippen LogP contribution in [0.3, 0.4) is 0 Å². The molecule has 2 aromatic carbocycles. The minimum atomic E-state index is -1.10. The molecule has 0 bridgehead atoms. The van der Waals surface area contributed by atoms with E-state index >= 15 is 0 Å². The summed E-state index contributed by atoms with van der Waals surface area (Å²) in [5.41, 5.74) is 1.89. The van der Waals surface area contributed by atoms with Gasteiger partial charge in [-0.1, -0.05) is 6.07 Å². The highest BCUT2D eigenvalue weighted by Crippen LogP contribution is 2.41. The van der Waals surface area contributed by atoms with Crippen molar-refractivity contribution in [3.05, 3.63) is 89.6 Å². The number of carbonyl (C=O) groups excluding carboxylic acids is 2. The summed E-state index contributed by atoms with van der Waals surface area (Å²) < 4.78 is 46.5. The van der Waals surface area contributed by atoms with Crippen LogP contribution in [0.1, 0.15) is 43.6 Å². The van der Waals surface area contributed by atoms with Gasteiger partial charge in [-0.15, -0.1) is 0 Å². The molecule has 0 spiro atoms. The number of benzene rings is 2. The van der Waals surface area contributed by atoms with Gasteiger partial charge >= 0.3 is 6.09 Å². The van der Waals surface area contributed by atoms with Crippen LogP contribution in [-0.2, 0) is 11.3 Å². The summed E-state index contributed by atoms with van der Waals surface area (Å²) in [5.74, 6) is -3.19. The number of alkyl carbamates (subject to hydrolysis) is 1. The van der Waals surface area contributed by atoms with Crippen LogP contribution in [0.5, 0.6) is 0 Å². The average Bonchev–Trinajstić information content (AvgIpc) is 2.83. The fraction of sp³-hybridized carbons (Fsp3) is 0.250. The maximum atomic E-state index is 14.2. The van der Waals surface area contributed by atoms with Gasteiger partial charge in [-0.05, 0) is 69.2 Å². The van der Waals surface area contributed by atoms with E-state index in [2.05, 4.69) is 15.6 Å². The van der Waals surface area contributed by atoms with Crippen molar-refractivity contribution in [3.63, 3.8) is 0 Å². The molecule has 7 nitrogen and oxygen atoms in total. The van der Waals surface area contributed by atoms with Gasteiger partial charge in [-0.25, -0.2) is 18.0 Å². The first-order chi connectivity index (χ1) is 17.9. The summed E-state index contributed by atoms with van der Waals surface area (Å²) in [6.07, 6.45) is 5.73. The Balaban J connectivity index is 1.68. The van der Waals surface area contributed by atoms with Gasteiger partial charge in [-0.2, -0.15) is 0 Å². The fourth-order valence-electron chi connectivity index (χ4n) is 4.00. The van der Waals surface area contributed by atoms with Gasteiger partial charge in [0.1, 0.15) is 11.4 Å². The maximum Gasteiger partial charge on any atom is 0.408 e. The monoisotopic (exact) mass is 524 g/mol. The normalized spacial score (nSPS) is 13.5. The zero-order valence-electron chi connectivity index (χ0n) is 21.3. The summed E-state index contributed by atoms with van der Waals surface area (Å²) >= 11 is 0. The molecule has 1 aromatic heterocycles. The average molecular weight is 525 g/mol. The smallest absolute Gasteiger partial charge is 0.408 e. The lowest BCUT2D eigenvalue weighted by Gasteiger charge is -2.32. The molecule has 1 atom stereocenters. The Morgan fingerprint density at radius 1 is 1.05 bits per heavy atom. The molecule has 2 amide bonds. The molecule has 1 aliphatic heterocycles. The second-order valence-electron chi connectivity index (χ2n) is 9.87. The molecule has 4 rings (SSSR count). The Morgan fingerprint density at radius 3 is 2.53 bits per heavy atom. The highest BCUT2D eigenvalue weighted by molar-refractivity contribution is 6.10. The molecule has 10 heteroatoms. The van der Waals surface area contributed by atoms with Crippen LogP contribution in [0, 0.1) is 17.5 Å². The predicted octanol–water partition coefficient (Wildman–Crippen LogP) is 6.17. The Morgan fingerprint density at radius 2 is 1.82 bits per heavy atom. The number of halogens is 3. The van der Waals surface area contributed by atoms with Crippen molar-refractivity contribution in [2.45, 2.75) is 45.9 Å². The largest absolute Gasteiger partial charge is 0.444 e. The van der Waals surface area contributed by atoms with Crippen LogP contribution >= 0.6 is 0 Å². The number of nitrogens with zero attached hydrogens (tertiary/aromatic N) is 2. The Labute approximate surface area is 218 Å². The highest BCUT2D eigenvalue weighted by Gasteiger charge is 2.27. The summed E-state index contributed by atoms with van der Waals surface area (Å²) in [5, 5.41) is 5.29. The summed E-state index contributed by atoms with van der Waals surface area (Å²) in [6, 6.07) is 6.99. The fourth-order valence-corrected chi connectivity index (χ4v) is 4.00. The Bertz CT molecular complexity index is 1420. The standard InChI is InChI=1S/C28H27F3N4O3/c1-16(33-27(37)38-28(2,3)4)9-10-35-15-17-5-6-18(29)11-20(17)21-13-32-14-22(25(21)35)26(36)34-19-7-8-23(30)24(31)12-19/h5-14,16H,15H2,1-4H3,(H,33,37)(H,34,36)/b10-9-. The quantitative estimate of drug-likeness (QED) is 0.417. The van der Waals surface area contributed by atoms with Gasteiger partial charge in [0.15, 0.2) is 11.6 Å². The number of rotatable bonds is 5. The molecular formula is C28H27F3N4O3.